The standard InChI is InChI=1S/C15H23NO2/c1-12-6-4-5-9-16(12)11-13-7-8-14(17-2)15(10-13)18-3/h7-8,10,12H,4-6,9,11H2,1-3H3/p+1/t12-/m0/s1. The highest BCUT2D eigenvalue weighted by molar-refractivity contribution is 5.42. The lowest BCUT2D eigenvalue weighted by atomic mass is 10.0. The highest BCUT2D eigenvalue weighted by Crippen LogP contribution is 2.27. The van der Waals surface area contributed by atoms with Gasteiger partial charge in [-0.2, -0.15) is 0 Å². The SMILES string of the molecule is COc1ccc(C[NH+]2CCCC[C@@H]2C)cc1OC. The number of hydrogen-bond donors (Lipinski definition) is 1. The van der Waals surface area contributed by atoms with E-state index in [0.717, 1.165) is 24.1 Å². The van der Waals surface area contributed by atoms with E-state index >= 15 is 0 Å². The smallest absolute Gasteiger partial charge is 0.161 e. The molecule has 2 rings (SSSR count). The van der Waals surface area contributed by atoms with Crippen LogP contribution in [0, 0.1) is 0 Å². The molecule has 0 aromatic heterocycles. The van der Waals surface area contributed by atoms with E-state index in [0.29, 0.717) is 0 Å². The van der Waals surface area contributed by atoms with E-state index in [1.807, 2.05) is 6.07 Å². The number of nitrogens with one attached hydrogen (secondary N) is 1. The summed E-state index contributed by atoms with van der Waals surface area (Å²) < 4.78 is 10.6. The molecule has 0 bridgehead atoms. The van der Waals surface area contributed by atoms with Crippen LogP contribution in [-0.2, 0) is 6.54 Å². The molecule has 100 valence electrons. The van der Waals surface area contributed by atoms with Gasteiger partial charge in [-0.25, -0.2) is 0 Å². The second-order valence-electron chi connectivity index (χ2n) is 5.17. The molecule has 0 spiro atoms. The van der Waals surface area contributed by atoms with Crippen LogP contribution in [0.4, 0.5) is 0 Å². The summed E-state index contributed by atoms with van der Waals surface area (Å²) in [6.07, 6.45) is 4.09. The fourth-order valence-electron chi connectivity index (χ4n) is 2.77. The third-order valence-corrected chi connectivity index (χ3v) is 3.96. The molecule has 1 aromatic carbocycles. The van der Waals surface area contributed by atoms with Crippen molar-refractivity contribution in [2.45, 2.75) is 38.8 Å². The van der Waals surface area contributed by atoms with Gasteiger partial charge in [0, 0.05) is 5.56 Å². The first kappa shape index (κ1) is 13.2. The second-order valence-corrected chi connectivity index (χ2v) is 5.17. The average molecular weight is 250 g/mol. The first-order valence-corrected chi connectivity index (χ1v) is 6.80. The minimum absolute atomic E-state index is 0.770. The number of rotatable bonds is 4. The van der Waals surface area contributed by atoms with Gasteiger partial charge in [0.1, 0.15) is 6.54 Å². The van der Waals surface area contributed by atoms with Gasteiger partial charge in [-0.15, -0.1) is 0 Å². The molecule has 1 aliphatic heterocycles. The van der Waals surface area contributed by atoms with Gasteiger partial charge < -0.3 is 14.4 Å². The lowest BCUT2D eigenvalue weighted by molar-refractivity contribution is -0.941. The molecule has 1 aliphatic rings. The summed E-state index contributed by atoms with van der Waals surface area (Å²) in [6, 6.07) is 7.03. The number of hydrogen-bond acceptors (Lipinski definition) is 2. The van der Waals surface area contributed by atoms with Gasteiger partial charge in [0.25, 0.3) is 0 Å². The molecule has 18 heavy (non-hydrogen) atoms. The van der Waals surface area contributed by atoms with Gasteiger partial charge in [0.2, 0.25) is 0 Å². The van der Waals surface area contributed by atoms with E-state index in [1.54, 1.807) is 19.1 Å². The molecule has 3 heteroatoms. The predicted octanol–water partition coefficient (Wildman–Crippen LogP) is 1.66. The molecule has 0 amide bonds. The molecular weight excluding hydrogens is 226 g/mol. The summed E-state index contributed by atoms with van der Waals surface area (Å²) >= 11 is 0. The van der Waals surface area contributed by atoms with Crippen LogP contribution in [-0.4, -0.2) is 26.8 Å². The maximum Gasteiger partial charge on any atom is 0.161 e. The summed E-state index contributed by atoms with van der Waals surface area (Å²) in [5.41, 5.74) is 1.33. The van der Waals surface area contributed by atoms with Gasteiger partial charge in [0.05, 0.1) is 26.8 Å². The molecule has 0 saturated carbocycles. The van der Waals surface area contributed by atoms with Crippen LogP contribution >= 0.6 is 0 Å². The van der Waals surface area contributed by atoms with E-state index in [-0.39, 0.29) is 0 Å². The van der Waals surface area contributed by atoms with E-state index in [4.69, 9.17) is 9.47 Å². The van der Waals surface area contributed by atoms with Crippen LogP contribution in [0.5, 0.6) is 11.5 Å². The normalized spacial score (nSPS) is 23.7. The molecule has 0 aliphatic carbocycles. The summed E-state index contributed by atoms with van der Waals surface area (Å²) in [7, 11) is 3.37. The van der Waals surface area contributed by atoms with Gasteiger partial charge in [0.15, 0.2) is 11.5 Å². The van der Waals surface area contributed by atoms with Gasteiger partial charge >= 0.3 is 0 Å². The summed E-state index contributed by atoms with van der Waals surface area (Å²) in [4.78, 5) is 1.69. The minimum atomic E-state index is 0.770. The number of quaternary nitrogens is 1. The van der Waals surface area contributed by atoms with E-state index in [1.165, 1.54) is 31.4 Å². The largest absolute Gasteiger partial charge is 0.493 e. The Hall–Kier alpha value is -1.22. The molecule has 1 N–H and O–H groups in total. The van der Waals surface area contributed by atoms with Crippen molar-refractivity contribution in [3.8, 4) is 11.5 Å². The summed E-state index contributed by atoms with van der Waals surface area (Å²) in [5, 5.41) is 0. The number of ether oxygens (including phenoxy) is 2. The Morgan fingerprint density at radius 1 is 1.17 bits per heavy atom. The Bertz CT molecular complexity index is 392. The zero-order valence-corrected chi connectivity index (χ0v) is 11.7. The van der Waals surface area contributed by atoms with Crippen molar-refractivity contribution >= 4 is 0 Å². The first-order chi connectivity index (χ1) is 8.74. The van der Waals surface area contributed by atoms with Crippen LogP contribution in [0.15, 0.2) is 18.2 Å². The van der Waals surface area contributed by atoms with E-state index in [9.17, 15) is 0 Å². The molecule has 1 saturated heterocycles. The molecular formula is C15H24NO2+. The van der Waals surface area contributed by atoms with Crippen LogP contribution in [0.3, 0.4) is 0 Å². The lowest BCUT2D eigenvalue weighted by Gasteiger charge is -2.30. The average Bonchev–Trinajstić information content (AvgIpc) is 2.41. The molecule has 0 radical (unpaired) electrons. The Kier molecular flexibility index (Phi) is 4.48. The third-order valence-electron chi connectivity index (χ3n) is 3.96. The molecule has 2 atom stereocenters. The lowest BCUT2D eigenvalue weighted by Crippen LogP contribution is -3.14. The van der Waals surface area contributed by atoms with Crippen molar-refractivity contribution < 1.29 is 14.4 Å². The Morgan fingerprint density at radius 2 is 1.94 bits per heavy atom. The monoisotopic (exact) mass is 250 g/mol. The summed E-state index contributed by atoms with van der Waals surface area (Å²) in [6.45, 7) is 4.73. The molecule has 3 nitrogen and oxygen atoms in total. The third kappa shape index (κ3) is 2.96. The van der Waals surface area contributed by atoms with Crippen molar-refractivity contribution in [2.75, 3.05) is 20.8 Å². The maximum atomic E-state index is 5.36. The Balaban J connectivity index is 2.08. The Morgan fingerprint density at radius 3 is 2.61 bits per heavy atom. The van der Waals surface area contributed by atoms with Crippen molar-refractivity contribution in [1.29, 1.82) is 0 Å². The number of likely N-dealkylation sites (tertiary alicyclic amines) is 1. The minimum Gasteiger partial charge on any atom is -0.493 e. The van der Waals surface area contributed by atoms with E-state index in [2.05, 4.69) is 19.1 Å². The number of piperidine rings is 1. The highest BCUT2D eigenvalue weighted by Gasteiger charge is 2.22. The molecule has 1 fully saturated rings. The van der Waals surface area contributed by atoms with Crippen molar-refractivity contribution in [2.24, 2.45) is 0 Å². The zero-order valence-electron chi connectivity index (χ0n) is 11.7. The second kappa shape index (κ2) is 6.10. The molecule has 1 aromatic rings. The fourth-order valence-corrected chi connectivity index (χ4v) is 2.77. The number of benzene rings is 1. The summed E-state index contributed by atoms with van der Waals surface area (Å²) in [5.74, 6) is 1.64. The van der Waals surface area contributed by atoms with Crippen molar-refractivity contribution in [3.05, 3.63) is 23.8 Å². The van der Waals surface area contributed by atoms with Gasteiger partial charge in [-0.3, -0.25) is 0 Å². The van der Waals surface area contributed by atoms with Crippen molar-refractivity contribution in [3.63, 3.8) is 0 Å². The van der Waals surface area contributed by atoms with Crippen molar-refractivity contribution in [1.82, 2.24) is 0 Å². The molecule has 1 heterocycles. The fraction of sp³-hybridized carbons (Fsp3) is 0.600. The quantitative estimate of drug-likeness (QED) is 0.878. The Labute approximate surface area is 110 Å². The topological polar surface area (TPSA) is 22.9 Å². The van der Waals surface area contributed by atoms with Gasteiger partial charge in [-0.05, 0) is 44.4 Å². The first-order valence-electron chi connectivity index (χ1n) is 6.80. The van der Waals surface area contributed by atoms with Crippen LogP contribution in [0.25, 0.3) is 0 Å². The highest BCUT2D eigenvalue weighted by atomic mass is 16.5. The van der Waals surface area contributed by atoms with Crippen LogP contribution in [0.2, 0.25) is 0 Å². The van der Waals surface area contributed by atoms with Crippen LogP contribution < -0.4 is 14.4 Å². The predicted molar refractivity (Wildman–Crippen MR) is 72.4 cm³/mol. The maximum absolute atomic E-state index is 5.36. The number of methoxy groups -OCH3 is 2. The van der Waals surface area contributed by atoms with Crippen LogP contribution in [0.1, 0.15) is 31.7 Å². The van der Waals surface area contributed by atoms with E-state index < -0.39 is 0 Å². The molecule has 1 unspecified atom stereocenters. The van der Waals surface area contributed by atoms with Gasteiger partial charge in [-0.1, -0.05) is 0 Å². The zero-order chi connectivity index (χ0) is 13.0.